The Kier molecular flexibility index (Phi) is 6.61. The van der Waals surface area contributed by atoms with Gasteiger partial charge in [0.2, 0.25) is 0 Å². The molecule has 0 aliphatic rings. The highest BCUT2D eigenvalue weighted by Crippen LogP contribution is 2.25. The number of aryl methyl sites for hydroxylation is 1. The van der Waals surface area contributed by atoms with Crippen LogP contribution in [0.3, 0.4) is 0 Å². The lowest BCUT2D eigenvalue weighted by molar-refractivity contribution is -0.149. The highest BCUT2D eigenvalue weighted by Gasteiger charge is 2.35. The summed E-state index contributed by atoms with van der Waals surface area (Å²) in [5.74, 6) is -0.869. The maximum absolute atomic E-state index is 11.7. The molecule has 0 bridgehead atoms. The molecular weight excluding hydrogens is 290 g/mol. The molecule has 0 spiro atoms. The molecule has 6 nitrogen and oxygen atoms in total. The number of urea groups is 1. The summed E-state index contributed by atoms with van der Waals surface area (Å²) in [6.07, 6.45) is 1.65. The van der Waals surface area contributed by atoms with Crippen molar-refractivity contribution in [3.63, 3.8) is 0 Å². The topological polar surface area (TPSA) is 91.3 Å². The Morgan fingerprint density at radius 1 is 1.33 bits per heavy atom. The van der Waals surface area contributed by atoms with Crippen LogP contribution in [0.2, 0.25) is 0 Å². The van der Waals surface area contributed by atoms with E-state index in [-0.39, 0.29) is 12.6 Å². The Hall–Kier alpha value is -1.63. The van der Waals surface area contributed by atoms with Gasteiger partial charge in [-0.3, -0.25) is 4.79 Å². The van der Waals surface area contributed by atoms with Gasteiger partial charge in [-0.1, -0.05) is 13.8 Å². The van der Waals surface area contributed by atoms with Crippen molar-refractivity contribution in [2.45, 2.75) is 40.0 Å². The average Bonchev–Trinajstić information content (AvgIpc) is 2.86. The second-order valence-electron chi connectivity index (χ2n) is 5.03. The number of nitrogens with one attached hydrogen (secondary N) is 2. The van der Waals surface area contributed by atoms with Crippen LogP contribution in [0.4, 0.5) is 4.79 Å². The monoisotopic (exact) mass is 313 g/mol. The molecule has 3 N–H and O–H groups in total. The Labute approximate surface area is 129 Å². The van der Waals surface area contributed by atoms with E-state index in [0.29, 0.717) is 25.8 Å². The van der Waals surface area contributed by atoms with Crippen LogP contribution in [0.25, 0.3) is 0 Å². The van der Waals surface area contributed by atoms with Crippen LogP contribution < -0.4 is 10.6 Å². The molecule has 0 saturated heterocycles. The molecule has 1 aromatic heterocycles. The van der Waals surface area contributed by atoms with E-state index in [9.17, 15) is 14.7 Å². The van der Waals surface area contributed by atoms with Gasteiger partial charge in [0.25, 0.3) is 0 Å². The Morgan fingerprint density at radius 2 is 2.00 bits per heavy atom. The minimum atomic E-state index is -0.885. The SMILES string of the molecule is CCC(CC)(CNC(=O)NCCc1nc(C)cs1)C(=O)O. The second-order valence-corrected chi connectivity index (χ2v) is 5.98. The molecule has 1 heterocycles. The summed E-state index contributed by atoms with van der Waals surface area (Å²) in [6, 6.07) is -0.337. The lowest BCUT2D eigenvalue weighted by Crippen LogP contribution is -2.46. The first-order valence-corrected chi connectivity index (χ1v) is 7.97. The molecule has 0 radical (unpaired) electrons. The maximum Gasteiger partial charge on any atom is 0.314 e. The molecule has 0 aliphatic heterocycles. The largest absolute Gasteiger partial charge is 0.481 e. The normalized spacial score (nSPS) is 11.2. The van der Waals surface area contributed by atoms with Crippen LogP contribution in [0, 0.1) is 12.3 Å². The number of hydrogen-bond acceptors (Lipinski definition) is 4. The third-order valence-electron chi connectivity index (χ3n) is 3.69. The van der Waals surface area contributed by atoms with Crippen molar-refractivity contribution in [3.05, 3.63) is 16.1 Å². The second kappa shape index (κ2) is 7.97. The fourth-order valence-corrected chi connectivity index (χ4v) is 2.77. The van der Waals surface area contributed by atoms with E-state index in [4.69, 9.17) is 0 Å². The van der Waals surface area contributed by atoms with Crippen LogP contribution in [0.15, 0.2) is 5.38 Å². The van der Waals surface area contributed by atoms with Gasteiger partial charge in [0.05, 0.1) is 10.4 Å². The van der Waals surface area contributed by atoms with E-state index in [2.05, 4.69) is 15.6 Å². The first-order valence-electron chi connectivity index (χ1n) is 7.09. The van der Waals surface area contributed by atoms with Gasteiger partial charge in [-0.05, 0) is 19.8 Å². The summed E-state index contributed by atoms with van der Waals surface area (Å²) in [7, 11) is 0. The predicted molar refractivity (Wildman–Crippen MR) is 82.6 cm³/mol. The minimum Gasteiger partial charge on any atom is -0.481 e. The number of carboxylic acid groups (broad SMARTS) is 1. The summed E-state index contributed by atoms with van der Waals surface area (Å²) in [5, 5.41) is 17.6. The van der Waals surface area contributed by atoms with Crippen molar-refractivity contribution < 1.29 is 14.7 Å². The molecule has 118 valence electrons. The van der Waals surface area contributed by atoms with Gasteiger partial charge in [0.1, 0.15) is 0 Å². The van der Waals surface area contributed by atoms with E-state index in [0.717, 1.165) is 10.7 Å². The van der Waals surface area contributed by atoms with Crippen LogP contribution >= 0.6 is 11.3 Å². The molecule has 0 aliphatic carbocycles. The lowest BCUT2D eigenvalue weighted by Gasteiger charge is -2.26. The van der Waals surface area contributed by atoms with Crippen LogP contribution in [0.1, 0.15) is 37.4 Å². The van der Waals surface area contributed by atoms with Crippen LogP contribution in [-0.4, -0.2) is 35.2 Å². The highest BCUT2D eigenvalue weighted by molar-refractivity contribution is 7.09. The lowest BCUT2D eigenvalue weighted by atomic mass is 9.82. The molecule has 0 aromatic carbocycles. The van der Waals surface area contributed by atoms with Gasteiger partial charge in [0.15, 0.2) is 0 Å². The third kappa shape index (κ3) is 5.00. The number of hydrogen-bond donors (Lipinski definition) is 3. The first kappa shape index (κ1) is 17.4. The van der Waals surface area contributed by atoms with Crippen LogP contribution in [-0.2, 0) is 11.2 Å². The number of carbonyl (C=O) groups excluding carboxylic acids is 1. The fourth-order valence-electron chi connectivity index (χ4n) is 1.99. The van der Waals surface area contributed by atoms with Gasteiger partial charge in [0, 0.05) is 30.6 Å². The van der Waals surface area contributed by atoms with E-state index < -0.39 is 11.4 Å². The van der Waals surface area contributed by atoms with Gasteiger partial charge in [-0.2, -0.15) is 0 Å². The number of nitrogens with zero attached hydrogens (tertiary/aromatic N) is 1. The van der Waals surface area contributed by atoms with Crippen molar-refractivity contribution in [3.8, 4) is 0 Å². The summed E-state index contributed by atoms with van der Waals surface area (Å²) in [5.41, 5.74) is 0.0978. The van der Waals surface area contributed by atoms with E-state index >= 15 is 0 Å². The molecule has 21 heavy (non-hydrogen) atoms. The zero-order chi connectivity index (χ0) is 15.9. The summed E-state index contributed by atoms with van der Waals surface area (Å²) in [4.78, 5) is 27.3. The quantitative estimate of drug-likeness (QED) is 0.686. The van der Waals surface area contributed by atoms with Crippen molar-refractivity contribution >= 4 is 23.3 Å². The van der Waals surface area contributed by atoms with Crippen molar-refractivity contribution in [1.29, 1.82) is 0 Å². The number of aliphatic carboxylic acids is 1. The number of amides is 2. The van der Waals surface area contributed by atoms with Gasteiger partial charge in [-0.15, -0.1) is 11.3 Å². The number of thiazole rings is 1. The van der Waals surface area contributed by atoms with E-state index in [1.54, 1.807) is 11.3 Å². The molecule has 1 rings (SSSR count). The molecular formula is C14H23N3O3S. The van der Waals surface area contributed by atoms with Gasteiger partial charge in [-0.25, -0.2) is 9.78 Å². The maximum atomic E-state index is 11.7. The number of aromatic nitrogens is 1. The number of carbonyl (C=O) groups is 2. The van der Waals surface area contributed by atoms with Crippen molar-refractivity contribution in [1.82, 2.24) is 15.6 Å². The summed E-state index contributed by atoms with van der Waals surface area (Å²) in [6.45, 7) is 6.19. The van der Waals surface area contributed by atoms with E-state index in [1.165, 1.54) is 0 Å². The zero-order valence-corrected chi connectivity index (χ0v) is 13.5. The number of carboxylic acids is 1. The predicted octanol–water partition coefficient (Wildman–Crippen LogP) is 2.18. The van der Waals surface area contributed by atoms with Crippen LogP contribution in [0.5, 0.6) is 0 Å². The van der Waals surface area contributed by atoms with Crippen molar-refractivity contribution in [2.24, 2.45) is 5.41 Å². The highest BCUT2D eigenvalue weighted by atomic mass is 32.1. The summed E-state index contributed by atoms with van der Waals surface area (Å²) < 4.78 is 0. The minimum absolute atomic E-state index is 0.136. The zero-order valence-electron chi connectivity index (χ0n) is 12.7. The summed E-state index contributed by atoms with van der Waals surface area (Å²) >= 11 is 1.57. The number of rotatable bonds is 8. The van der Waals surface area contributed by atoms with Crippen molar-refractivity contribution in [2.75, 3.05) is 13.1 Å². The Bertz CT molecular complexity index is 484. The average molecular weight is 313 g/mol. The Balaban J connectivity index is 2.34. The molecule has 7 heteroatoms. The third-order valence-corrected chi connectivity index (χ3v) is 4.71. The molecule has 0 atom stereocenters. The first-order chi connectivity index (χ1) is 9.93. The standard InChI is InChI=1S/C14H23N3O3S/c1-4-14(5-2,12(18)19)9-16-13(20)15-7-6-11-17-10(3)8-21-11/h8H,4-7,9H2,1-3H3,(H,18,19)(H2,15,16,20). The molecule has 0 unspecified atom stereocenters. The van der Waals surface area contributed by atoms with E-state index in [1.807, 2.05) is 26.2 Å². The van der Waals surface area contributed by atoms with Gasteiger partial charge < -0.3 is 15.7 Å². The molecule has 1 aromatic rings. The van der Waals surface area contributed by atoms with Gasteiger partial charge >= 0.3 is 12.0 Å². The molecule has 0 fully saturated rings. The molecule has 2 amide bonds. The fraction of sp³-hybridized carbons (Fsp3) is 0.643. The molecule has 0 saturated carbocycles. The smallest absolute Gasteiger partial charge is 0.314 e. The Morgan fingerprint density at radius 3 is 2.48 bits per heavy atom.